The van der Waals surface area contributed by atoms with E-state index in [1.807, 2.05) is 0 Å². The Hall–Kier alpha value is -2.98. The summed E-state index contributed by atoms with van der Waals surface area (Å²) in [6.07, 6.45) is 1.98. The lowest BCUT2D eigenvalue weighted by Crippen LogP contribution is -2.38. The van der Waals surface area contributed by atoms with Crippen molar-refractivity contribution in [3.05, 3.63) is 42.3 Å². The highest BCUT2D eigenvalue weighted by molar-refractivity contribution is 5.86. The molecule has 1 N–H and O–H groups in total. The summed E-state index contributed by atoms with van der Waals surface area (Å²) in [5, 5.41) is 11.8. The summed E-state index contributed by atoms with van der Waals surface area (Å²) in [5.41, 5.74) is -0.867. The van der Waals surface area contributed by atoms with Crippen molar-refractivity contribution >= 4 is 11.9 Å². The molecule has 2 atom stereocenters. The number of nitrogens with zero attached hydrogens (tertiary/aromatic N) is 6. The number of amides is 1. The quantitative estimate of drug-likeness (QED) is 0.764. The van der Waals surface area contributed by atoms with Gasteiger partial charge < -0.3 is 14.8 Å². The fourth-order valence-electron chi connectivity index (χ4n) is 4.09. The maximum Gasteiger partial charge on any atom is 0.419 e. The number of alkyl halides is 3. The Balaban J connectivity index is 1.42. The number of halogens is 3. The van der Waals surface area contributed by atoms with E-state index in [1.54, 1.807) is 4.90 Å². The summed E-state index contributed by atoms with van der Waals surface area (Å²) >= 11 is 0. The van der Waals surface area contributed by atoms with Crippen LogP contribution in [0, 0.1) is 0 Å². The van der Waals surface area contributed by atoms with E-state index < -0.39 is 11.7 Å². The second-order valence-electron chi connectivity index (χ2n) is 7.59. The van der Waals surface area contributed by atoms with Crippen LogP contribution in [0.3, 0.4) is 0 Å². The predicted molar refractivity (Wildman–Crippen MR) is 101 cm³/mol. The van der Waals surface area contributed by atoms with Gasteiger partial charge in [0.2, 0.25) is 11.9 Å². The molecule has 30 heavy (non-hydrogen) atoms. The highest BCUT2D eigenvalue weighted by Gasteiger charge is 2.33. The molecule has 0 unspecified atom stereocenters. The van der Waals surface area contributed by atoms with Gasteiger partial charge in [-0.05, 0) is 25.3 Å². The minimum atomic E-state index is -4.45. The van der Waals surface area contributed by atoms with Crippen molar-refractivity contribution in [2.45, 2.75) is 56.9 Å². The Morgan fingerprint density at radius 2 is 1.97 bits per heavy atom. The molecule has 1 aliphatic heterocycles. The molecule has 1 fully saturated rings. The Morgan fingerprint density at radius 3 is 2.67 bits per heavy atom. The third kappa shape index (κ3) is 4.14. The number of anilines is 1. The van der Waals surface area contributed by atoms with Crippen LogP contribution in [0.25, 0.3) is 0 Å². The number of carbonyl (C=O) groups excluding carboxylic acids is 1. The van der Waals surface area contributed by atoms with Crippen LogP contribution < -0.4 is 5.32 Å². The zero-order valence-electron chi connectivity index (χ0n) is 16.3. The summed E-state index contributed by atoms with van der Waals surface area (Å²) < 4.78 is 40.1. The molecule has 8 nitrogen and oxygen atoms in total. The van der Waals surface area contributed by atoms with E-state index in [9.17, 15) is 18.0 Å². The molecule has 2 aromatic rings. The molecule has 0 spiro atoms. The van der Waals surface area contributed by atoms with Gasteiger partial charge in [-0.3, -0.25) is 4.79 Å². The van der Waals surface area contributed by atoms with Crippen LogP contribution in [0.2, 0.25) is 0 Å². The Kier molecular flexibility index (Phi) is 5.44. The third-order valence-electron chi connectivity index (χ3n) is 5.62. The maximum absolute atomic E-state index is 12.7. The number of hydrogen-bond acceptors (Lipinski definition) is 6. The topological polar surface area (TPSA) is 88.8 Å². The van der Waals surface area contributed by atoms with Crippen molar-refractivity contribution in [1.82, 2.24) is 29.6 Å². The molecule has 3 heterocycles. The SMILES string of the molecule is C=CC(=O)N1CCn2c(nnc2[C@H]2CCC[C@@H](Nc3ncc(C(F)(F)F)cn3)C2)C1. The van der Waals surface area contributed by atoms with E-state index in [0.717, 1.165) is 49.7 Å². The zero-order chi connectivity index (χ0) is 21.3. The van der Waals surface area contributed by atoms with E-state index in [-0.39, 0.29) is 23.8 Å². The van der Waals surface area contributed by atoms with E-state index in [1.165, 1.54) is 6.08 Å². The van der Waals surface area contributed by atoms with Crippen molar-refractivity contribution in [1.29, 1.82) is 0 Å². The average Bonchev–Trinajstić information content (AvgIpc) is 3.16. The number of fused-ring (bicyclic) bond motifs is 1. The van der Waals surface area contributed by atoms with Gasteiger partial charge in [-0.15, -0.1) is 10.2 Å². The fraction of sp³-hybridized carbons (Fsp3) is 0.526. The van der Waals surface area contributed by atoms with Gasteiger partial charge in [-0.1, -0.05) is 13.0 Å². The first-order valence-corrected chi connectivity index (χ1v) is 9.84. The molecular formula is C19H22F3N7O. The van der Waals surface area contributed by atoms with Crippen LogP contribution in [-0.4, -0.2) is 48.1 Å². The largest absolute Gasteiger partial charge is 0.419 e. The van der Waals surface area contributed by atoms with Gasteiger partial charge in [-0.2, -0.15) is 13.2 Å². The summed E-state index contributed by atoms with van der Waals surface area (Å²) in [6.45, 7) is 5.14. The first-order chi connectivity index (χ1) is 14.3. The number of carbonyl (C=O) groups is 1. The van der Waals surface area contributed by atoms with Gasteiger partial charge in [0.05, 0.1) is 12.1 Å². The van der Waals surface area contributed by atoms with Gasteiger partial charge in [0.15, 0.2) is 5.82 Å². The molecule has 2 aliphatic rings. The lowest BCUT2D eigenvalue weighted by atomic mass is 9.85. The normalized spacial score (nSPS) is 21.8. The molecule has 0 saturated heterocycles. The second kappa shape index (κ2) is 8.04. The lowest BCUT2D eigenvalue weighted by Gasteiger charge is -2.31. The van der Waals surface area contributed by atoms with Crippen molar-refractivity contribution in [3.63, 3.8) is 0 Å². The van der Waals surface area contributed by atoms with E-state index >= 15 is 0 Å². The minimum absolute atomic E-state index is 0.0378. The highest BCUT2D eigenvalue weighted by Crippen LogP contribution is 2.34. The molecule has 4 rings (SSSR count). The van der Waals surface area contributed by atoms with Crippen molar-refractivity contribution in [3.8, 4) is 0 Å². The van der Waals surface area contributed by atoms with Gasteiger partial charge in [0.25, 0.3) is 0 Å². The van der Waals surface area contributed by atoms with Crippen LogP contribution in [0.4, 0.5) is 19.1 Å². The van der Waals surface area contributed by atoms with Crippen molar-refractivity contribution < 1.29 is 18.0 Å². The van der Waals surface area contributed by atoms with E-state index in [4.69, 9.17) is 0 Å². The van der Waals surface area contributed by atoms with Gasteiger partial charge in [0, 0.05) is 37.4 Å². The Labute approximate surface area is 171 Å². The smallest absolute Gasteiger partial charge is 0.351 e. The van der Waals surface area contributed by atoms with Crippen molar-refractivity contribution in [2.24, 2.45) is 0 Å². The highest BCUT2D eigenvalue weighted by atomic mass is 19.4. The van der Waals surface area contributed by atoms with Gasteiger partial charge >= 0.3 is 6.18 Å². The number of hydrogen-bond donors (Lipinski definition) is 1. The third-order valence-corrected chi connectivity index (χ3v) is 5.62. The molecule has 1 aliphatic carbocycles. The zero-order valence-corrected chi connectivity index (χ0v) is 16.3. The van der Waals surface area contributed by atoms with Gasteiger partial charge in [0.1, 0.15) is 5.82 Å². The van der Waals surface area contributed by atoms with Gasteiger partial charge in [-0.25, -0.2) is 9.97 Å². The molecule has 11 heteroatoms. The molecule has 0 bridgehead atoms. The summed E-state index contributed by atoms with van der Waals surface area (Å²) in [4.78, 5) is 21.2. The summed E-state index contributed by atoms with van der Waals surface area (Å²) in [6, 6.07) is 0.0378. The van der Waals surface area contributed by atoms with Crippen LogP contribution in [0.1, 0.15) is 48.8 Å². The second-order valence-corrected chi connectivity index (χ2v) is 7.59. The Morgan fingerprint density at radius 1 is 1.20 bits per heavy atom. The van der Waals surface area contributed by atoms with Crippen LogP contribution in [0.5, 0.6) is 0 Å². The molecule has 0 aromatic carbocycles. The average molecular weight is 421 g/mol. The molecule has 160 valence electrons. The minimum Gasteiger partial charge on any atom is -0.351 e. The molecule has 2 aromatic heterocycles. The monoisotopic (exact) mass is 421 g/mol. The molecule has 1 saturated carbocycles. The van der Waals surface area contributed by atoms with Crippen LogP contribution in [0.15, 0.2) is 25.0 Å². The predicted octanol–water partition coefficient (Wildman–Crippen LogP) is 2.75. The van der Waals surface area contributed by atoms with Crippen LogP contribution in [-0.2, 0) is 24.1 Å². The van der Waals surface area contributed by atoms with E-state index in [0.29, 0.717) is 19.6 Å². The number of aromatic nitrogens is 5. The van der Waals surface area contributed by atoms with Crippen LogP contribution >= 0.6 is 0 Å². The lowest BCUT2D eigenvalue weighted by molar-refractivity contribution is -0.138. The van der Waals surface area contributed by atoms with E-state index in [2.05, 4.69) is 36.6 Å². The summed E-state index contributed by atoms with van der Waals surface area (Å²) in [5.74, 6) is 1.90. The Bertz CT molecular complexity index is 925. The summed E-state index contributed by atoms with van der Waals surface area (Å²) in [7, 11) is 0. The van der Waals surface area contributed by atoms with Crippen molar-refractivity contribution in [2.75, 3.05) is 11.9 Å². The molecule has 1 amide bonds. The number of nitrogens with one attached hydrogen (secondary N) is 1. The number of rotatable bonds is 4. The molecule has 0 radical (unpaired) electrons. The first kappa shape index (κ1) is 20.3. The maximum atomic E-state index is 12.7. The molecular weight excluding hydrogens is 399 g/mol. The fourth-order valence-corrected chi connectivity index (χ4v) is 4.09. The first-order valence-electron chi connectivity index (χ1n) is 9.84. The standard InChI is InChI=1S/C19H22F3N7O/c1-2-16(30)28-6-7-29-15(11-28)26-27-17(29)12-4-3-5-14(8-12)25-18-23-9-13(10-24-18)19(20,21)22/h2,9-10,12,14H,1,3-8,11H2,(H,23,24,25)/t12-,14+/m0/s1.